The normalized spacial score (nSPS) is 12.0. The zero-order valence-electron chi connectivity index (χ0n) is 16.1. The number of aliphatic imine (C=N–C) groups is 1. The van der Waals surface area contributed by atoms with Crippen LogP contribution in [-0.2, 0) is 17.8 Å². The Morgan fingerprint density at radius 2 is 2.26 bits per heavy atom. The fourth-order valence-corrected chi connectivity index (χ4v) is 3.22. The predicted octanol–water partition coefficient (Wildman–Crippen LogP) is 3.94. The van der Waals surface area contributed by atoms with E-state index < -0.39 is 0 Å². The molecule has 1 aromatic carbocycles. The fraction of sp³-hybridized carbons (Fsp3) is 0.421. The van der Waals surface area contributed by atoms with E-state index in [1.165, 1.54) is 0 Å². The minimum absolute atomic E-state index is 0. The van der Waals surface area contributed by atoms with Gasteiger partial charge in [0.15, 0.2) is 5.96 Å². The number of aromatic nitrogens is 1. The Balaban J connectivity index is 0.00000364. The third-order valence-electron chi connectivity index (χ3n) is 3.83. The van der Waals surface area contributed by atoms with Gasteiger partial charge in [0, 0.05) is 26.1 Å². The number of thiazole rings is 1. The number of nitriles is 1. The van der Waals surface area contributed by atoms with Crippen LogP contribution >= 0.6 is 35.3 Å². The minimum atomic E-state index is 0. The molecule has 2 rings (SSSR count). The number of ether oxygens (including phenoxy) is 1. The van der Waals surface area contributed by atoms with Crippen molar-refractivity contribution in [2.24, 2.45) is 4.99 Å². The number of halogens is 1. The maximum absolute atomic E-state index is 9.01. The minimum Gasteiger partial charge on any atom is -0.375 e. The molecular formula is C19H26IN5OS. The first kappa shape index (κ1) is 23.3. The van der Waals surface area contributed by atoms with Crippen molar-refractivity contribution in [1.82, 2.24) is 15.2 Å². The van der Waals surface area contributed by atoms with E-state index in [0.717, 1.165) is 28.8 Å². The first-order valence-corrected chi connectivity index (χ1v) is 9.40. The summed E-state index contributed by atoms with van der Waals surface area (Å²) >= 11 is 1.61. The highest BCUT2D eigenvalue weighted by Gasteiger charge is 2.12. The molecule has 0 aliphatic carbocycles. The summed E-state index contributed by atoms with van der Waals surface area (Å²) in [5.74, 6) is 0.809. The van der Waals surface area contributed by atoms with Crippen LogP contribution in [0.2, 0.25) is 0 Å². The Labute approximate surface area is 182 Å². The monoisotopic (exact) mass is 499 g/mol. The van der Waals surface area contributed by atoms with Crippen LogP contribution < -0.4 is 5.32 Å². The molecule has 1 unspecified atom stereocenters. The molecule has 1 heterocycles. The summed E-state index contributed by atoms with van der Waals surface area (Å²) < 4.78 is 5.32. The molecule has 0 aliphatic rings. The standard InChI is InChI=1S/C19H25N5OS.HI/c1-5-21-19(22-11-16-8-6-7-15(9-16)10-20)24(3)12-17-13-26-18(23-17)14(2)25-4;/h6-9,13-14H,5,11-12H2,1-4H3,(H,21,22);1H. The van der Waals surface area contributed by atoms with Crippen molar-refractivity contribution >= 4 is 41.3 Å². The van der Waals surface area contributed by atoms with Gasteiger partial charge in [-0.1, -0.05) is 12.1 Å². The van der Waals surface area contributed by atoms with Crippen LogP contribution in [0.1, 0.15) is 41.8 Å². The lowest BCUT2D eigenvalue weighted by atomic mass is 10.1. The molecule has 0 bridgehead atoms. The SMILES string of the molecule is CCNC(=NCc1cccc(C#N)c1)N(C)Cc1csc(C(C)OC)n1.I. The molecule has 0 spiro atoms. The average Bonchev–Trinajstić information content (AvgIpc) is 3.13. The molecule has 2 aromatic rings. The summed E-state index contributed by atoms with van der Waals surface area (Å²) in [5.41, 5.74) is 2.66. The lowest BCUT2D eigenvalue weighted by molar-refractivity contribution is 0.119. The van der Waals surface area contributed by atoms with Gasteiger partial charge in [0.2, 0.25) is 0 Å². The zero-order valence-corrected chi connectivity index (χ0v) is 19.2. The second-order valence-electron chi connectivity index (χ2n) is 5.89. The highest BCUT2D eigenvalue weighted by atomic mass is 127. The van der Waals surface area contributed by atoms with Crippen molar-refractivity contribution in [1.29, 1.82) is 5.26 Å². The summed E-state index contributed by atoms with van der Waals surface area (Å²) in [5, 5.41) is 15.4. The number of rotatable bonds is 7. The number of hydrogen-bond donors (Lipinski definition) is 1. The van der Waals surface area contributed by atoms with Gasteiger partial charge in [-0.25, -0.2) is 9.98 Å². The topological polar surface area (TPSA) is 73.5 Å². The lowest BCUT2D eigenvalue weighted by Crippen LogP contribution is -2.38. The van der Waals surface area contributed by atoms with Gasteiger partial charge in [-0.05, 0) is 31.5 Å². The molecular weight excluding hydrogens is 473 g/mol. The highest BCUT2D eigenvalue weighted by molar-refractivity contribution is 14.0. The maximum Gasteiger partial charge on any atom is 0.194 e. The molecule has 0 fully saturated rings. The maximum atomic E-state index is 9.01. The van der Waals surface area contributed by atoms with Gasteiger partial charge in [0.05, 0.1) is 30.4 Å². The van der Waals surface area contributed by atoms with Crippen molar-refractivity contribution in [2.75, 3.05) is 20.7 Å². The number of benzene rings is 1. The van der Waals surface area contributed by atoms with Gasteiger partial charge in [0.25, 0.3) is 0 Å². The summed E-state index contributed by atoms with van der Waals surface area (Å²) in [7, 11) is 3.68. The molecule has 8 heteroatoms. The summed E-state index contributed by atoms with van der Waals surface area (Å²) in [4.78, 5) is 11.4. The number of nitrogens with zero attached hydrogens (tertiary/aromatic N) is 4. The molecule has 6 nitrogen and oxygen atoms in total. The Morgan fingerprint density at radius 3 is 2.93 bits per heavy atom. The number of nitrogens with one attached hydrogen (secondary N) is 1. The molecule has 0 saturated carbocycles. The molecule has 27 heavy (non-hydrogen) atoms. The second-order valence-corrected chi connectivity index (χ2v) is 6.78. The molecule has 0 radical (unpaired) electrons. The molecule has 0 amide bonds. The largest absolute Gasteiger partial charge is 0.375 e. The van der Waals surface area contributed by atoms with E-state index in [0.29, 0.717) is 18.7 Å². The summed E-state index contributed by atoms with van der Waals surface area (Å²) in [6.45, 7) is 6.00. The lowest BCUT2D eigenvalue weighted by Gasteiger charge is -2.21. The highest BCUT2D eigenvalue weighted by Crippen LogP contribution is 2.21. The van der Waals surface area contributed by atoms with Gasteiger partial charge >= 0.3 is 0 Å². The van der Waals surface area contributed by atoms with Crippen molar-refractivity contribution in [3.05, 3.63) is 51.5 Å². The van der Waals surface area contributed by atoms with Crippen LogP contribution in [0.25, 0.3) is 0 Å². The van der Waals surface area contributed by atoms with Crippen molar-refractivity contribution in [3.63, 3.8) is 0 Å². The Morgan fingerprint density at radius 1 is 1.48 bits per heavy atom. The number of methoxy groups -OCH3 is 1. The smallest absolute Gasteiger partial charge is 0.194 e. The van der Waals surface area contributed by atoms with E-state index in [-0.39, 0.29) is 30.1 Å². The van der Waals surface area contributed by atoms with Gasteiger partial charge in [-0.15, -0.1) is 35.3 Å². The van der Waals surface area contributed by atoms with Crippen molar-refractivity contribution < 1.29 is 4.74 Å². The van der Waals surface area contributed by atoms with E-state index >= 15 is 0 Å². The fourth-order valence-electron chi connectivity index (χ4n) is 2.38. The number of guanidine groups is 1. The molecule has 0 aliphatic heterocycles. The van der Waals surface area contributed by atoms with Gasteiger partial charge < -0.3 is 15.0 Å². The van der Waals surface area contributed by atoms with Crippen LogP contribution in [0.4, 0.5) is 0 Å². The second kappa shape index (κ2) is 11.9. The van der Waals surface area contributed by atoms with Gasteiger partial charge in [-0.3, -0.25) is 0 Å². The van der Waals surface area contributed by atoms with Crippen molar-refractivity contribution in [3.8, 4) is 6.07 Å². The molecule has 0 saturated heterocycles. The van der Waals surface area contributed by atoms with Crippen molar-refractivity contribution in [2.45, 2.75) is 33.0 Å². The Hall–Kier alpha value is -1.70. The van der Waals surface area contributed by atoms with Crippen LogP contribution in [-0.4, -0.2) is 36.5 Å². The first-order chi connectivity index (χ1) is 12.6. The first-order valence-electron chi connectivity index (χ1n) is 8.53. The molecule has 1 N–H and O–H groups in total. The third kappa shape index (κ3) is 7.08. The average molecular weight is 499 g/mol. The van der Waals surface area contributed by atoms with E-state index in [4.69, 9.17) is 10.00 Å². The molecule has 146 valence electrons. The van der Waals surface area contributed by atoms with E-state index in [1.807, 2.05) is 44.0 Å². The van der Waals surface area contributed by atoms with E-state index in [2.05, 4.69) is 26.7 Å². The predicted molar refractivity (Wildman–Crippen MR) is 120 cm³/mol. The Kier molecular flexibility index (Phi) is 10.3. The van der Waals surface area contributed by atoms with Crippen LogP contribution in [0, 0.1) is 11.3 Å². The van der Waals surface area contributed by atoms with Crippen LogP contribution in [0.15, 0.2) is 34.6 Å². The molecule has 1 atom stereocenters. The van der Waals surface area contributed by atoms with Gasteiger partial charge in [0.1, 0.15) is 11.1 Å². The summed E-state index contributed by atoms with van der Waals surface area (Å²) in [6, 6.07) is 9.69. The number of hydrogen-bond acceptors (Lipinski definition) is 5. The Bertz CT molecular complexity index is 786. The van der Waals surface area contributed by atoms with Crippen LogP contribution in [0.5, 0.6) is 0 Å². The van der Waals surface area contributed by atoms with Gasteiger partial charge in [-0.2, -0.15) is 5.26 Å². The molecule has 1 aromatic heterocycles. The quantitative estimate of drug-likeness (QED) is 0.355. The zero-order chi connectivity index (χ0) is 18.9. The van der Waals surface area contributed by atoms with E-state index in [9.17, 15) is 0 Å². The third-order valence-corrected chi connectivity index (χ3v) is 4.89. The van der Waals surface area contributed by atoms with Crippen LogP contribution in [0.3, 0.4) is 0 Å². The van der Waals surface area contributed by atoms with E-state index in [1.54, 1.807) is 24.5 Å². The summed E-state index contributed by atoms with van der Waals surface area (Å²) in [6.07, 6.45) is 0.00775.